The Labute approximate surface area is 150 Å². The van der Waals surface area contributed by atoms with Crippen molar-refractivity contribution in [1.29, 1.82) is 0 Å². The lowest BCUT2D eigenvalue weighted by atomic mass is 9.77. The van der Waals surface area contributed by atoms with Gasteiger partial charge in [-0.25, -0.2) is 4.98 Å². The maximum absolute atomic E-state index is 6.27. The van der Waals surface area contributed by atoms with Gasteiger partial charge in [0.25, 0.3) is 0 Å². The fourth-order valence-electron chi connectivity index (χ4n) is 4.23. The van der Waals surface area contributed by atoms with E-state index in [1.165, 1.54) is 19.3 Å². The first kappa shape index (κ1) is 17.9. The molecule has 0 amide bonds. The average Bonchev–Trinajstić information content (AvgIpc) is 2.53. The van der Waals surface area contributed by atoms with Crippen LogP contribution >= 0.6 is 0 Å². The summed E-state index contributed by atoms with van der Waals surface area (Å²) in [6.45, 7) is 6.35. The van der Waals surface area contributed by atoms with Crippen LogP contribution in [-0.4, -0.2) is 52.6 Å². The first-order valence-electron chi connectivity index (χ1n) is 9.06. The van der Waals surface area contributed by atoms with Gasteiger partial charge in [0.1, 0.15) is 5.82 Å². The number of fused-ring (bicyclic) bond motifs is 1. The topological polar surface area (TPSA) is 71.2 Å². The first-order chi connectivity index (χ1) is 11.7. The van der Waals surface area contributed by atoms with Gasteiger partial charge in [-0.05, 0) is 59.3 Å². The van der Waals surface area contributed by atoms with Crippen LogP contribution in [-0.2, 0) is 0 Å². The summed E-state index contributed by atoms with van der Waals surface area (Å²) in [5, 5.41) is 0.863. The average molecular weight is 342 g/mol. The van der Waals surface area contributed by atoms with Crippen LogP contribution in [0.25, 0.3) is 11.0 Å². The van der Waals surface area contributed by atoms with E-state index in [1.807, 2.05) is 19.9 Å². The van der Waals surface area contributed by atoms with Crippen molar-refractivity contribution in [3.8, 4) is 0 Å². The van der Waals surface area contributed by atoms with E-state index in [0.717, 1.165) is 23.1 Å². The second-order valence-corrected chi connectivity index (χ2v) is 7.81. The van der Waals surface area contributed by atoms with E-state index in [0.29, 0.717) is 23.5 Å². The Balaban J connectivity index is 2.06. The Kier molecular flexibility index (Phi) is 4.58. The van der Waals surface area contributed by atoms with Crippen molar-refractivity contribution in [3.05, 3.63) is 17.3 Å². The molecule has 2 N–H and O–H groups in total. The fraction of sp³-hybridized carbons (Fsp3) is 0.632. The Bertz CT molecular complexity index is 787. The van der Waals surface area contributed by atoms with Gasteiger partial charge < -0.3 is 15.5 Å². The van der Waals surface area contributed by atoms with Crippen LogP contribution in [0, 0.1) is 13.8 Å². The summed E-state index contributed by atoms with van der Waals surface area (Å²) >= 11 is 0. The Morgan fingerprint density at radius 1 is 1.12 bits per heavy atom. The van der Waals surface area contributed by atoms with Crippen molar-refractivity contribution >= 4 is 22.8 Å². The van der Waals surface area contributed by atoms with Crippen LogP contribution in [0.3, 0.4) is 0 Å². The molecule has 2 aromatic rings. The molecule has 1 aliphatic carbocycles. The van der Waals surface area contributed by atoms with Gasteiger partial charge in [0, 0.05) is 24.3 Å². The number of hydrogen-bond acceptors (Lipinski definition) is 6. The molecular formula is C19H30N6. The number of pyridine rings is 1. The number of nitrogen functional groups attached to an aromatic ring is 1. The van der Waals surface area contributed by atoms with Crippen LogP contribution in [0.4, 0.5) is 11.8 Å². The number of hydrogen-bond donors (Lipinski definition) is 1. The highest BCUT2D eigenvalue weighted by atomic mass is 15.3. The molecule has 2 heterocycles. The number of likely N-dealkylation sites (N-methyl/N-ethyl adjacent to an activating group) is 2. The number of anilines is 2. The van der Waals surface area contributed by atoms with Gasteiger partial charge in [0.15, 0.2) is 5.65 Å². The lowest BCUT2D eigenvalue weighted by Crippen LogP contribution is -2.59. The molecule has 2 aromatic heterocycles. The minimum atomic E-state index is 0.0933. The SMILES string of the molecule is Cc1cc(C)c2c(N)nc(N(C)[C@H]3CCCC[C@]3(C)N(C)C)nc2n1. The first-order valence-corrected chi connectivity index (χ1v) is 9.06. The highest BCUT2D eigenvalue weighted by molar-refractivity contribution is 5.89. The normalized spacial score (nSPS) is 24.0. The highest BCUT2D eigenvalue weighted by Crippen LogP contribution is 2.36. The largest absolute Gasteiger partial charge is 0.383 e. The summed E-state index contributed by atoms with van der Waals surface area (Å²) in [6, 6.07) is 2.37. The summed E-state index contributed by atoms with van der Waals surface area (Å²) in [4.78, 5) is 18.5. The zero-order valence-electron chi connectivity index (χ0n) is 16.3. The zero-order valence-corrected chi connectivity index (χ0v) is 16.3. The van der Waals surface area contributed by atoms with E-state index >= 15 is 0 Å². The van der Waals surface area contributed by atoms with Crippen molar-refractivity contribution in [1.82, 2.24) is 19.9 Å². The molecular weight excluding hydrogens is 312 g/mol. The lowest BCUT2D eigenvalue weighted by Gasteiger charge is -2.49. The summed E-state index contributed by atoms with van der Waals surface area (Å²) in [7, 11) is 6.41. The Hall–Kier alpha value is -1.95. The van der Waals surface area contributed by atoms with Gasteiger partial charge in [0.2, 0.25) is 5.95 Å². The van der Waals surface area contributed by atoms with Gasteiger partial charge in [0.05, 0.1) is 5.39 Å². The molecule has 6 nitrogen and oxygen atoms in total. The summed E-state index contributed by atoms with van der Waals surface area (Å²) < 4.78 is 0. The zero-order chi connectivity index (χ0) is 18.4. The van der Waals surface area contributed by atoms with Gasteiger partial charge in [-0.3, -0.25) is 0 Å². The summed E-state index contributed by atoms with van der Waals surface area (Å²) in [5.74, 6) is 1.18. The molecule has 0 aliphatic heterocycles. The molecule has 1 saturated carbocycles. The second-order valence-electron chi connectivity index (χ2n) is 7.81. The van der Waals surface area contributed by atoms with E-state index in [9.17, 15) is 0 Å². The molecule has 1 aliphatic rings. The number of nitrogens with zero attached hydrogens (tertiary/aromatic N) is 5. The van der Waals surface area contributed by atoms with Crippen LogP contribution in [0.15, 0.2) is 6.07 Å². The van der Waals surface area contributed by atoms with Crippen molar-refractivity contribution in [2.45, 2.75) is 58.0 Å². The lowest BCUT2D eigenvalue weighted by molar-refractivity contribution is 0.0932. The maximum atomic E-state index is 6.27. The van der Waals surface area contributed by atoms with Crippen LogP contribution in [0.1, 0.15) is 43.9 Å². The van der Waals surface area contributed by atoms with E-state index in [1.54, 1.807) is 0 Å². The molecule has 3 rings (SSSR count). The monoisotopic (exact) mass is 342 g/mol. The molecule has 0 radical (unpaired) electrons. The minimum Gasteiger partial charge on any atom is -0.383 e. The van der Waals surface area contributed by atoms with E-state index in [-0.39, 0.29) is 5.54 Å². The summed E-state index contributed by atoms with van der Waals surface area (Å²) in [6.07, 6.45) is 4.80. The van der Waals surface area contributed by atoms with Crippen LogP contribution in [0.2, 0.25) is 0 Å². The van der Waals surface area contributed by atoms with Crippen molar-refractivity contribution in [3.63, 3.8) is 0 Å². The molecule has 2 atom stereocenters. The molecule has 136 valence electrons. The third-order valence-corrected chi connectivity index (χ3v) is 5.94. The van der Waals surface area contributed by atoms with Gasteiger partial charge in [-0.1, -0.05) is 12.8 Å². The van der Waals surface area contributed by atoms with Gasteiger partial charge in [-0.15, -0.1) is 0 Å². The Morgan fingerprint density at radius 2 is 1.84 bits per heavy atom. The smallest absolute Gasteiger partial charge is 0.229 e. The fourth-order valence-corrected chi connectivity index (χ4v) is 4.23. The molecule has 25 heavy (non-hydrogen) atoms. The number of rotatable bonds is 3. The number of aryl methyl sites for hydroxylation is 2. The number of aromatic nitrogens is 3. The molecule has 1 fully saturated rings. The van der Waals surface area contributed by atoms with Crippen LogP contribution < -0.4 is 10.6 Å². The van der Waals surface area contributed by atoms with Crippen molar-refractivity contribution in [2.75, 3.05) is 31.8 Å². The molecule has 0 spiro atoms. The minimum absolute atomic E-state index is 0.0933. The standard InChI is InChI=1S/C19H30N6/c1-12-11-13(2)21-17-15(12)16(20)22-18(23-17)25(6)14-9-7-8-10-19(14,3)24(4)5/h11,14H,7-10H2,1-6H3,(H2,20,21,22,23)/t14-,19-/m0/s1. The van der Waals surface area contributed by atoms with E-state index in [4.69, 9.17) is 10.7 Å². The predicted molar refractivity (Wildman–Crippen MR) is 104 cm³/mol. The third kappa shape index (κ3) is 3.03. The van der Waals surface area contributed by atoms with E-state index < -0.39 is 0 Å². The Morgan fingerprint density at radius 3 is 2.52 bits per heavy atom. The molecule has 0 bridgehead atoms. The van der Waals surface area contributed by atoms with Crippen molar-refractivity contribution in [2.24, 2.45) is 0 Å². The molecule has 0 aromatic carbocycles. The second kappa shape index (κ2) is 6.41. The van der Waals surface area contributed by atoms with Gasteiger partial charge >= 0.3 is 0 Å². The maximum Gasteiger partial charge on any atom is 0.229 e. The van der Waals surface area contributed by atoms with Crippen molar-refractivity contribution < 1.29 is 0 Å². The van der Waals surface area contributed by atoms with E-state index in [2.05, 4.69) is 47.8 Å². The summed E-state index contributed by atoms with van der Waals surface area (Å²) in [5.41, 5.74) is 9.08. The van der Waals surface area contributed by atoms with Gasteiger partial charge in [-0.2, -0.15) is 9.97 Å². The molecule has 0 saturated heterocycles. The molecule has 6 heteroatoms. The predicted octanol–water partition coefficient (Wildman–Crippen LogP) is 2.92. The van der Waals surface area contributed by atoms with Crippen LogP contribution in [0.5, 0.6) is 0 Å². The number of nitrogens with two attached hydrogens (primary N) is 1. The quantitative estimate of drug-likeness (QED) is 0.925. The third-order valence-electron chi connectivity index (χ3n) is 5.94. The molecule has 0 unspecified atom stereocenters. The highest BCUT2D eigenvalue weighted by Gasteiger charge is 2.41.